The molecule has 12 heavy (non-hydrogen) atoms. The standard InChI is InChI=1S/C12H22/c1-10(2)9-12-7-3-5-11(12)6-4-8-12/h10-11H,3-9H2,1-2H3. The summed E-state index contributed by atoms with van der Waals surface area (Å²) in [5.74, 6) is 2.04. The lowest BCUT2D eigenvalue weighted by atomic mass is 9.74. The summed E-state index contributed by atoms with van der Waals surface area (Å²) in [6.45, 7) is 4.78. The molecule has 0 aromatic heterocycles. The molecule has 0 bridgehead atoms. The van der Waals surface area contributed by atoms with E-state index in [0.717, 1.165) is 17.3 Å². The number of fused-ring (bicyclic) bond motifs is 1. The second-order valence-corrected chi connectivity index (χ2v) is 5.44. The zero-order valence-corrected chi connectivity index (χ0v) is 8.60. The molecule has 0 amide bonds. The van der Waals surface area contributed by atoms with Crippen LogP contribution < -0.4 is 0 Å². The van der Waals surface area contributed by atoms with E-state index in [1.165, 1.54) is 19.3 Å². The van der Waals surface area contributed by atoms with Crippen molar-refractivity contribution in [2.45, 2.75) is 58.8 Å². The van der Waals surface area contributed by atoms with E-state index in [2.05, 4.69) is 13.8 Å². The maximum absolute atomic E-state index is 2.39. The van der Waals surface area contributed by atoms with Gasteiger partial charge in [0.15, 0.2) is 0 Å². The van der Waals surface area contributed by atoms with Crippen LogP contribution in [0.1, 0.15) is 58.8 Å². The summed E-state index contributed by atoms with van der Waals surface area (Å²) in [5, 5.41) is 0. The van der Waals surface area contributed by atoms with Crippen LogP contribution in [0.25, 0.3) is 0 Å². The molecule has 2 saturated carbocycles. The SMILES string of the molecule is CC(C)CC12CCCC1CCC2. The Hall–Kier alpha value is 0. The Labute approximate surface area is 76.7 Å². The molecule has 0 heterocycles. The maximum atomic E-state index is 2.39. The topological polar surface area (TPSA) is 0 Å². The van der Waals surface area contributed by atoms with Crippen molar-refractivity contribution in [3.8, 4) is 0 Å². The van der Waals surface area contributed by atoms with Gasteiger partial charge in [0.2, 0.25) is 0 Å². The monoisotopic (exact) mass is 166 g/mol. The van der Waals surface area contributed by atoms with E-state index in [9.17, 15) is 0 Å². The molecule has 2 rings (SSSR count). The predicted octanol–water partition coefficient (Wildman–Crippen LogP) is 4.00. The van der Waals surface area contributed by atoms with Crippen molar-refractivity contribution in [3.63, 3.8) is 0 Å². The second kappa shape index (κ2) is 3.05. The summed E-state index contributed by atoms with van der Waals surface area (Å²) in [6, 6.07) is 0. The Balaban J connectivity index is 2.06. The Morgan fingerprint density at radius 2 is 1.75 bits per heavy atom. The first-order valence-corrected chi connectivity index (χ1v) is 5.73. The summed E-state index contributed by atoms with van der Waals surface area (Å²) in [7, 11) is 0. The Kier molecular flexibility index (Phi) is 2.18. The molecule has 0 nitrogen and oxygen atoms in total. The summed E-state index contributed by atoms with van der Waals surface area (Å²) in [4.78, 5) is 0. The highest BCUT2D eigenvalue weighted by Gasteiger charge is 2.45. The van der Waals surface area contributed by atoms with Gasteiger partial charge < -0.3 is 0 Å². The van der Waals surface area contributed by atoms with E-state index in [0.29, 0.717) is 0 Å². The van der Waals surface area contributed by atoms with Crippen LogP contribution in [0.15, 0.2) is 0 Å². The molecule has 0 aromatic carbocycles. The van der Waals surface area contributed by atoms with Gasteiger partial charge in [0.1, 0.15) is 0 Å². The normalized spacial score (nSPS) is 40.8. The molecule has 70 valence electrons. The molecule has 2 fully saturated rings. The number of rotatable bonds is 2. The zero-order chi connectivity index (χ0) is 8.60. The lowest BCUT2D eigenvalue weighted by molar-refractivity contribution is 0.191. The molecule has 0 radical (unpaired) electrons. The molecule has 0 spiro atoms. The van der Waals surface area contributed by atoms with Crippen LogP contribution in [0.2, 0.25) is 0 Å². The summed E-state index contributed by atoms with van der Waals surface area (Å²) in [5.41, 5.74) is 0.828. The maximum Gasteiger partial charge on any atom is -0.0267 e. The van der Waals surface area contributed by atoms with Crippen LogP contribution in [0, 0.1) is 17.3 Å². The van der Waals surface area contributed by atoms with Crippen LogP contribution in [-0.2, 0) is 0 Å². The van der Waals surface area contributed by atoms with E-state index in [1.54, 1.807) is 25.7 Å². The first kappa shape index (κ1) is 8.59. The van der Waals surface area contributed by atoms with Crippen LogP contribution in [0.5, 0.6) is 0 Å². The molecule has 2 aliphatic rings. The van der Waals surface area contributed by atoms with Crippen molar-refractivity contribution >= 4 is 0 Å². The van der Waals surface area contributed by atoms with E-state index in [1.807, 2.05) is 0 Å². The highest BCUT2D eigenvalue weighted by Crippen LogP contribution is 2.57. The summed E-state index contributed by atoms with van der Waals surface area (Å²) < 4.78 is 0. The van der Waals surface area contributed by atoms with Crippen molar-refractivity contribution in [2.24, 2.45) is 17.3 Å². The minimum atomic E-state index is 0.828. The minimum Gasteiger partial charge on any atom is -0.0628 e. The van der Waals surface area contributed by atoms with Gasteiger partial charge in [-0.05, 0) is 49.4 Å². The lowest BCUT2D eigenvalue weighted by Crippen LogP contribution is -2.21. The quantitative estimate of drug-likeness (QED) is 0.581. The van der Waals surface area contributed by atoms with Gasteiger partial charge in [0.05, 0.1) is 0 Å². The Bertz CT molecular complexity index is 147. The fourth-order valence-electron chi connectivity index (χ4n) is 3.87. The predicted molar refractivity (Wildman–Crippen MR) is 53.1 cm³/mol. The molecule has 0 saturated heterocycles. The minimum absolute atomic E-state index is 0.828. The highest BCUT2D eigenvalue weighted by molar-refractivity contribution is 4.96. The van der Waals surface area contributed by atoms with Gasteiger partial charge in [-0.2, -0.15) is 0 Å². The van der Waals surface area contributed by atoms with Crippen molar-refractivity contribution in [3.05, 3.63) is 0 Å². The van der Waals surface area contributed by atoms with Crippen molar-refractivity contribution in [1.29, 1.82) is 0 Å². The number of hydrogen-bond donors (Lipinski definition) is 0. The van der Waals surface area contributed by atoms with Crippen molar-refractivity contribution in [2.75, 3.05) is 0 Å². The fourth-order valence-corrected chi connectivity index (χ4v) is 3.87. The van der Waals surface area contributed by atoms with Gasteiger partial charge in [-0.15, -0.1) is 0 Å². The third kappa shape index (κ3) is 1.30. The molecule has 0 unspecified atom stereocenters. The van der Waals surface area contributed by atoms with Gasteiger partial charge in [-0.25, -0.2) is 0 Å². The van der Waals surface area contributed by atoms with Crippen molar-refractivity contribution < 1.29 is 0 Å². The van der Waals surface area contributed by atoms with E-state index in [-0.39, 0.29) is 0 Å². The highest BCUT2D eigenvalue weighted by atomic mass is 14.5. The summed E-state index contributed by atoms with van der Waals surface area (Å²) >= 11 is 0. The van der Waals surface area contributed by atoms with Gasteiger partial charge in [-0.3, -0.25) is 0 Å². The zero-order valence-electron chi connectivity index (χ0n) is 8.60. The fraction of sp³-hybridized carbons (Fsp3) is 1.00. The van der Waals surface area contributed by atoms with Gasteiger partial charge in [0.25, 0.3) is 0 Å². The number of hydrogen-bond acceptors (Lipinski definition) is 0. The molecule has 2 aliphatic carbocycles. The molecule has 0 atom stereocenters. The average molecular weight is 166 g/mol. The third-order valence-corrected chi connectivity index (χ3v) is 4.14. The molecule has 0 heteroatoms. The summed E-state index contributed by atoms with van der Waals surface area (Å²) in [6.07, 6.45) is 10.8. The lowest BCUT2D eigenvalue weighted by Gasteiger charge is -2.31. The third-order valence-electron chi connectivity index (χ3n) is 4.14. The van der Waals surface area contributed by atoms with Gasteiger partial charge in [-0.1, -0.05) is 26.7 Å². The van der Waals surface area contributed by atoms with Crippen LogP contribution >= 0.6 is 0 Å². The molecule has 0 N–H and O–H groups in total. The van der Waals surface area contributed by atoms with Gasteiger partial charge >= 0.3 is 0 Å². The smallest absolute Gasteiger partial charge is 0.0267 e. The van der Waals surface area contributed by atoms with Crippen molar-refractivity contribution in [1.82, 2.24) is 0 Å². The first-order valence-electron chi connectivity index (χ1n) is 5.73. The largest absolute Gasteiger partial charge is 0.0628 e. The molecular weight excluding hydrogens is 144 g/mol. The van der Waals surface area contributed by atoms with Crippen LogP contribution in [-0.4, -0.2) is 0 Å². The first-order chi connectivity index (χ1) is 5.73. The van der Waals surface area contributed by atoms with E-state index in [4.69, 9.17) is 0 Å². The van der Waals surface area contributed by atoms with Crippen LogP contribution in [0.4, 0.5) is 0 Å². The van der Waals surface area contributed by atoms with Gasteiger partial charge in [0, 0.05) is 0 Å². The second-order valence-electron chi connectivity index (χ2n) is 5.44. The Morgan fingerprint density at radius 1 is 1.17 bits per heavy atom. The average Bonchev–Trinajstić information content (AvgIpc) is 2.42. The van der Waals surface area contributed by atoms with E-state index < -0.39 is 0 Å². The molecular formula is C12H22. The molecule has 0 aromatic rings. The molecule has 0 aliphatic heterocycles. The van der Waals surface area contributed by atoms with E-state index >= 15 is 0 Å². The Morgan fingerprint density at radius 3 is 2.25 bits per heavy atom. The van der Waals surface area contributed by atoms with Crippen LogP contribution in [0.3, 0.4) is 0 Å².